The third-order valence-corrected chi connectivity index (χ3v) is 5.18. The fourth-order valence-corrected chi connectivity index (χ4v) is 4.03. The third-order valence-electron chi connectivity index (χ3n) is 4.75. The lowest BCUT2D eigenvalue weighted by Crippen LogP contribution is -2.37. The summed E-state index contributed by atoms with van der Waals surface area (Å²) in [4.78, 5) is 23.7. The number of halogens is 2. The number of benzene rings is 1. The van der Waals surface area contributed by atoms with Crippen LogP contribution in [0.4, 0.5) is 5.69 Å². The number of fused-ring (bicyclic) bond motifs is 1. The van der Waals surface area contributed by atoms with Crippen molar-refractivity contribution < 1.29 is 14.3 Å². The quantitative estimate of drug-likeness (QED) is 0.561. The molecule has 2 aromatic heterocycles. The van der Waals surface area contributed by atoms with E-state index >= 15 is 0 Å². The Morgan fingerprint density at radius 3 is 2.55 bits per heavy atom. The van der Waals surface area contributed by atoms with Crippen LogP contribution in [0.3, 0.4) is 0 Å². The second-order valence-electron chi connectivity index (χ2n) is 6.58. The van der Waals surface area contributed by atoms with Gasteiger partial charge in [-0.25, -0.2) is 4.79 Å². The van der Waals surface area contributed by atoms with Gasteiger partial charge in [0.15, 0.2) is 0 Å². The van der Waals surface area contributed by atoms with Crippen molar-refractivity contribution in [2.75, 3.05) is 37.8 Å². The van der Waals surface area contributed by atoms with Crippen molar-refractivity contribution in [1.82, 2.24) is 9.97 Å². The molecular formula is C21H19Cl2N3O3. The number of rotatable bonds is 4. The molecule has 0 atom stereocenters. The first kappa shape index (κ1) is 19.9. The summed E-state index contributed by atoms with van der Waals surface area (Å²) in [5.74, 6) is -0.403. The highest BCUT2D eigenvalue weighted by Gasteiger charge is 2.24. The first-order valence-electron chi connectivity index (χ1n) is 9.31. The standard InChI is InChI=1S/C21H19Cl2N3O3/c1-2-29-21(27)18-12-25-19-16(13-7-14(22)9-15(23)8-13)10-24-11-17(19)20(18)26-3-5-28-6-4-26/h7-12H,2-6H2,1H3. The van der Waals surface area contributed by atoms with Gasteiger partial charge in [-0.15, -0.1) is 0 Å². The highest BCUT2D eigenvalue weighted by molar-refractivity contribution is 6.35. The number of pyridine rings is 2. The number of esters is 1. The van der Waals surface area contributed by atoms with Crippen molar-refractivity contribution >= 4 is 45.8 Å². The molecule has 0 saturated carbocycles. The number of morpholine rings is 1. The second-order valence-corrected chi connectivity index (χ2v) is 7.45. The molecule has 1 aliphatic heterocycles. The monoisotopic (exact) mass is 431 g/mol. The fourth-order valence-electron chi connectivity index (χ4n) is 3.51. The molecule has 1 aromatic carbocycles. The Labute approximate surface area is 178 Å². The van der Waals surface area contributed by atoms with E-state index in [2.05, 4.69) is 14.9 Å². The molecular weight excluding hydrogens is 413 g/mol. The highest BCUT2D eigenvalue weighted by atomic mass is 35.5. The number of nitrogens with zero attached hydrogens (tertiary/aromatic N) is 3. The minimum absolute atomic E-state index is 0.290. The van der Waals surface area contributed by atoms with Gasteiger partial charge in [0.25, 0.3) is 0 Å². The van der Waals surface area contributed by atoms with Crippen molar-refractivity contribution in [3.63, 3.8) is 0 Å². The van der Waals surface area contributed by atoms with Gasteiger partial charge < -0.3 is 14.4 Å². The number of anilines is 1. The molecule has 1 aliphatic rings. The van der Waals surface area contributed by atoms with E-state index in [0.717, 1.165) is 22.2 Å². The van der Waals surface area contributed by atoms with Crippen molar-refractivity contribution in [3.05, 3.63) is 52.4 Å². The maximum Gasteiger partial charge on any atom is 0.341 e. The lowest BCUT2D eigenvalue weighted by atomic mass is 10.0. The van der Waals surface area contributed by atoms with Gasteiger partial charge in [0.1, 0.15) is 5.56 Å². The summed E-state index contributed by atoms with van der Waals surface area (Å²) in [7, 11) is 0. The van der Waals surface area contributed by atoms with E-state index in [-0.39, 0.29) is 0 Å². The smallest absolute Gasteiger partial charge is 0.341 e. The molecule has 1 saturated heterocycles. The Morgan fingerprint density at radius 2 is 1.86 bits per heavy atom. The normalized spacial score (nSPS) is 14.2. The van der Waals surface area contributed by atoms with Crippen LogP contribution >= 0.6 is 23.2 Å². The summed E-state index contributed by atoms with van der Waals surface area (Å²) in [5.41, 5.74) is 3.50. The highest BCUT2D eigenvalue weighted by Crippen LogP contribution is 2.36. The molecule has 1 fully saturated rings. The van der Waals surface area contributed by atoms with Crippen LogP contribution in [-0.4, -0.2) is 48.8 Å². The van der Waals surface area contributed by atoms with E-state index in [1.807, 2.05) is 12.1 Å². The maximum absolute atomic E-state index is 12.6. The molecule has 0 aliphatic carbocycles. The van der Waals surface area contributed by atoms with Crippen LogP contribution < -0.4 is 4.90 Å². The summed E-state index contributed by atoms with van der Waals surface area (Å²) in [5, 5.41) is 1.83. The minimum atomic E-state index is -0.403. The Hall–Kier alpha value is -2.41. The molecule has 6 nitrogen and oxygen atoms in total. The van der Waals surface area contributed by atoms with Crippen molar-refractivity contribution in [2.24, 2.45) is 0 Å². The van der Waals surface area contributed by atoms with Crippen LogP contribution in [-0.2, 0) is 9.47 Å². The van der Waals surface area contributed by atoms with Gasteiger partial charge in [-0.05, 0) is 30.7 Å². The van der Waals surface area contributed by atoms with Gasteiger partial charge in [-0.3, -0.25) is 9.97 Å². The van der Waals surface area contributed by atoms with E-state index < -0.39 is 5.97 Å². The molecule has 0 spiro atoms. The largest absolute Gasteiger partial charge is 0.462 e. The Balaban J connectivity index is 1.95. The molecule has 3 aromatic rings. The third kappa shape index (κ3) is 4.01. The summed E-state index contributed by atoms with van der Waals surface area (Å²) in [6.07, 6.45) is 5.02. The maximum atomic E-state index is 12.6. The van der Waals surface area contributed by atoms with Gasteiger partial charge in [-0.2, -0.15) is 0 Å². The summed E-state index contributed by atoms with van der Waals surface area (Å²) in [6.45, 7) is 4.58. The molecule has 150 valence electrons. The van der Waals surface area contributed by atoms with Gasteiger partial charge in [0.05, 0.1) is 31.0 Å². The first-order valence-corrected chi connectivity index (χ1v) is 10.1. The summed E-state index contributed by atoms with van der Waals surface area (Å²) < 4.78 is 10.7. The van der Waals surface area contributed by atoms with Crippen LogP contribution in [0.1, 0.15) is 17.3 Å². The SMILES string of the molecule is CCOC(=O)c1cnc2c(-c3cc(Cl)cc(Cl)c3)cncc2c1N1CCOCC1. The first-order chi connectivity index (χ1) is 14.1. The molecule has 0 N–H and O–H groups in total. The van der Waals surface area contributed by atoms with Gasteiger partial charge >= 0.3 is 5.97 Å². The summed E-state index contributed by atoms with van der Waals surface area (Å²) >= 11 is 12.4. The lowest BCUT2D eigenvalue weighted by Gasteiger charge is -2.31. The number of hydrogen-bond acceptors (Lipinski definition) is 6. The molecule has 4 rings (SSSR count). The van der Waals surface area contributed by atoms with Gasteiger partial charge in [0.2, 0.25) is 0 Å². The lowest BCUT2D eigenvalue weighted by molar-refractivity contribution is 0.0526. The van der Waals surface area contributed by atoms with E-state index in [9.17, 15) is 4.79 Å². The van der Waals surface area contributed by atoms with E-state index in [1.54, 1.807) is 31.6 Å². The number of hydrogen-bond donors (Lipinski definition) is 0. The van der Waals surface area contributed by atoms with Crippen LogP contribution in [0, 0.1) is 0 Å². The van der Waals surface area contributed by atoms with Crippen molar-refractivity contribution in [2.45, 2.75) is 6.92 Å². The number of carbonyl (C=O) groups excluding carboxylic acids is 1. The van der Waals surface area contributed by atoms with Crippen molar-refractivity contribution in [1.29, 1.82) is 0 Å². The molecule has 0 unspecified atom stereocenters. The Kier molecular flexibility index (Phi) is 5.85. The molecule has 0 bridgehead atoms. The number of carbonyl (C=O) groups is 1. The van der Waals surface area contributed by atoms with Gasteiger partial charge in [-0.1, -0.05) is 23.2 Å². The van der Waals surface area contributed by atoms with Crippen LogP contribution in [0.15, 0.2) is 36.8 Å². The van der Waals surface area contributed by atoms with E-state index in [4.69, 9.17) is 32.7 Å². The van der Waals surface area contributed by atoms with Crippen LogP contribution in [0.5, 0.6) is 0 Å². The zero-order valence-corrected chi connectivity index (χ0v) is 17.3. The average Bonchev–Trinajstić information content (AvgIpc) is 2.72. The van der Waals surface area contributed by atoms with Gasteiger partial charge in [0, 0.05) is 52.7 Å². The van der Waals surface area contributed by atoms with E-state index in [0.29, 0.717) is 54.0 Å². The second kappa shape index (κ2) is 8.53. The van der Waals surface area contributed by atoms with Crippen LogP contribution in [0.2, 0.25) is 10.0 Å². The number of ether oxygens (including phenoxy) is 2. The summed E-state index contributed by atoms with van der Waals surface area (Å²) in [6, 6.07) is 5.31. The predicted molar refractivity (Wildman–Crippen MR) is 114 cm³/mol. The molecule has 0 radical (unpaired) electrons. The average molecular weight is 432 g/mol. The Bertz CT molecular complexity index is 1050. The molecule has 8 heteroatoms. The van der Waals surface area contributed by atoms with E-state index in [1.165, 1.54) is 0 Å². The minimum Gasteiger partial charge on any atom is -0.462 e. The molecule has 0 amide bonds. The molecule has 29 heavy (non-hydrogen) atoms. The Morgan fingerprint density at radius 1 is 1.14 bits per heavy atom. The zero-order chi connectivity index (χ0) is 20.4. The topological polar surface area (TPSA) is 64.5 Å². The fraction of sp³-hybridized carbons (Fsp3) is 0.286. The van der Waals surface area contributed by atoms with Crippen molar-refractivity contribution in [3.8, 4) is 11.1 Å². The predicted octanol–water partition coefficient (Wildman–Crippen LogP) is 4.62. The molecule has 3 heterocycles. The number of aromatic nitrogens is 2. The van der Waals surface area contributed by atoms with Crippen LogP contribution in [0.25, 0.3) is 22.0 Å². The zero-order valence-electron chi connectivity index (χ0n) is 15.8.